The molecule has 5 rings (SSSR count). The van der Waals surface area contributed by atoms with Gasteiger partial charge in [0.15, 0.2) is 11.4 Å². The number of hydrogen-bond acceptors (Lipinski definition) is 4. The second-order valence-corrected chi connectivity index (χ2v) is 7.79. The molecule has 142 valence electrons. The number of fused-ring (bicyclic) bond motifs is 2. The maximum Gasteiger partial charge on any atom is 0.176 e. The SMILES string of the molecule is CN(Cc1ccc2ccccc2c1)C1CCN(c2nccc3ccoc23)CC1. The summed E-state index contributed by atoms with van der Waals surface area (Å²) in [5.41, 5.74) is 2.29. The van der Waals surface area contributed by atoms with Crippen LogP contribution in [0.1, 0.15) is 18.4 Å². The summed E-state index contributed by atoms with van der Waals surface area (Å²) in [6, 6.07) is 20.0. The first kappa shape index (κ1) is 17.3. The highest BCUT2D eigenvalue weighted by atomic mass is 16.3. The number of pyridine rings is 1. The van der Waals surface area contributed by atoms with Crippen LogP contribution in [-0.4, -0.2) is 36.1 Å². The smallest absolute Gasteiger partial charge is 0.176 e. The van der Waals surface area contributed by atoms with Crippen molar-refractivity contribution in [2.24, 2.45) is 0 Å². The Balaban J connectivity index is 1.25. The fourth-order valence-electron chi connectivity index (χ4n) is 4.38. The standard InChI is InChI=1S/C24H25N3O/c1-26(17-18-6-7-19-4-2-3-5-21(19)16-18)22-9-13-27(14-10-22)24-23-20(8-12-25-24)11-15-28-23/h2-8,11-12,15-16,22H,9-10,13-14,17H2,1H3. The van der Waals surface area contributed by atoms with Crippen LogP contribution in [0, 0.1) is 0 Å². The van der Waals surface area contributed by atoms with Crippen molar-refractivity contribution in [2.75, 3.05) is 25.0 Å². The molecule has 1 fully saturated rings. The molecule has 0 spiro atoms. The number of rotatable bonds is 4. The third kappa shape index (κ3) is 3.25. The zero-order valence-electron chi connectivity index (χ0n) is 16.2. The molecule has 3 heterocycles. The molecule has 1 aliphatic heterocycles. The Hall–Kier alpha value is -2.85. The lowest BCUT2D eigenvalue weighted by atomic mass is 10.0. The summed E-state index contributed by atoms with van der Waals surface area (Å²) in [6.45, 7) is 3.01. The van der Waals surface area contributed by atoms with E-state index in [-0.39, 0.29) is 0 Å². The van der Waals surface area contributed by atoms with E-state index in [2.05, 4.69) is 64.3 Å². The summed E-state index contributed by atoms with van der Waals surface area (Å²) >= 11 is 0. The van der Waals surface area contributed by atoms with Gasteiger partial charge in [0.2, 0.25) is 0 Å². The predicted molar refractivity (Wildman–Crippen MR) is 115 cm³/mol. The summed E-state index contributed by atoms with van der Waals surface area (Å²) in [5, 5.41) is 3.75. The predicted octanol–water partition coefficient (Wildman–Crippen LogP) is 5.08. The molecule has 1 saturated heterocycles. The molecule has 0 bridgehead atoms. The van der Waals surface area contributed by atoms with Gasteiger partial charge >= 0.3 is 0 Å². The van der Waals surface area contributed by atoms with Crippen LogP contribution < -0.4 is 4.90 Å². The molecular formula is C24H25N3O. The summed E-state index contributed by atoms with van der Waals surface area (Å²) in [5.74, 6) is 0.984. The van der Waals surface area contributed by atoms with Crippen LogP contribution in [-0.2, 0) is 6.54 Å². The average molecular weight is 371 g/mol. The van der Waals surface area contributed by atoms with E-state index in [0.717, 1.165) is 49.3 Å². The second kappa shape index (κ2) is 7.28. The number of nitrogens with zero attached hydrogens (tertiary/aromatic N) is 3. The average Bonchev–Trinajstić information content (AvgIpc) is 3.23. The molecule has 28 heavy (non-hydrogen) atoms. The molecule has 4 heteroatoms. The normalized spacial score (nSPS) is 15.7. The van der Waals surface area contributed by atoms with Gasteiger partial charge in [0.25, 0.3) is 0 Å². The van der Waals surface area contributed by atoms with Crippen molar-refractivity contribution >= 4 is 27.6 Å². The molecule has 2 aromatic carbocycles. The molecule has 0 radical (unpaired) electrons. The minimum absolute atomic E-state index is 0.596. The van der Waals surface area contributed by atoms with Gasteiger partial charge in [-0.25, -0.2) is 4.98 Å². The molecule has 0 N–H and O–H groups in total. The molecule has 1 aliphatic rings. The Morgan fingerprint density at radius 3 is 2.68 bits per heavy atom. The van der Waals surface area contributed by atoms with E-state index in [1.54, 1.807) is 6.26 Å². The first-order chi connectivity index (χ1) is 13.8. The third-order valence-electron chi connectivity index (χ3n) is 5.98. The highest BCUT2D eigenvalue weighted by Gasteiger charge is 2.25. The van der Waals surface area contributed by atoms with Crippen molar-refractivity contribution in [3.63, 3.8) is 0 Å². The maximum atomic E-state index is 5.68. The lowest BCUT2D eigenvalue weighted by Crippen LogP contribution is -2.43. The molecule has 4 nitrogen and oxygen atoms in total. The molecule has 0 saturated carbocycles. The van der Waals surface area contributed by atoms with Crippen LogP contribution in [0.2, 0.25) is 0 Å². The van der Waals surface area contributed by atoms with Gasteiger partial charge < -0.3 is 9.32 Å². The quantitative estimate of drug-likeness (QED) is 0.501. The molecule has 4 aromatic rings. The Bertz CT molecular complexity index is 1100. The number of furan rings is 1. The van der Waals surface area contributed by atoms with Crippen LogP contribution in [0.3, 0.4) is 0 Å². The minimum Gasteiger partial charge on any atom is -0.460 e. The van der Waals surface area contributed by atoms with Gasteiger partial charge in [0.1, 0.15) is 0 Å². The zero-order chi connectivity index (χ0) is 18.9. The highest BCUT2D eigenvalue weighted by Crippen LogP contribution is 2.28. The zero-order valence-corrected chi connectivity index (χ0v) is 16.2. The number of anilines is 1. The van der Waals surface area contributed by atoms with Gasteiger partial charge in [0, 0.05) is 37.3 Å². The van der Waals surface area contributed by atoms with E-state index in [0.29, 0.717) is 6.04 Å². The molecule has 0 unspecified atom stereocenters. The van der Waals surface area contributed by atoms with Gasteiger partial charge in [-0.05, 0) is 54.4 Å². The number of hydrogen-bond donors (Lipinski definition) is 0. The Morgan fingerprint density at radius 1 is 1.00 bits per heavy atom. The summed E-state index contributed by atoms with van der Waals surface area (Å²) in [7, 11) is 2.25. The molecule has 2 aromatic heterocycles. The van der Waals surface area contributed by atoms with Gasteiger partial charge in [0.05, 0.1) is 6.26 Å². The monoisotopic (exact) mass is 371 g/mol. The van der Waals surface area contributed by atoms with Gasteiger partial charge in [-0.2, -0.15) is 0 Å². The largest absolute Gasteiger partial charge is 0.460 e. The minimum atomic E-state index is 0.596. The van der Waals surface area contributed by atoms with Crippen molar-refractivity contribution in [1.82, 2.24) is 9.88 Å². The first-order valence-electron chi connectivity index (χ1n) is 10.0. The lowest BCUT2D eigenvalue weighted by Gasteiger charge is -2.37. The van der Waals surface area contributed by atoms with Crippen molar-refractivity contribution in [3.05, 3.63) is 72.6 Å². The van der Waals surface area contributed by atoms with Crippen molar-refractivity contribution in [3.8, 4) is 0 Å². The van der Waals surface area contributed by atoms with E-state index in [1.807, 2.05) is 18.3 Å². The van der Waals surface area contributed by atoms with Gasteiger partial charge in [-0.3, -0.25) is 4.90 Å². The summed E-state index contributed by atoms with van der Waals surface area (Å²) in [4.78, 5) is 9.46. The fraction of sp³-hybridized carbons (Fsp3) is 0.292. The third-order valence-corrected chi connectivity index (χ3v) is 5.98. The Kier molecular flexibility index (Phi) is 4.49. The second-order valence-electron chi connectivity index (χ2n) is 7.79. The van der Waals surface area contributed by atoms with Crippen LogP contribution in [0.4, 0.5) is 5.82 Å². The van der Waals surface area contributed by atoms with E-state index in [9.17, 15) is 0 Å². The highest BCUT2D eigenvalue weighted by molar-refractivity contribution is 5.87. The lowest BCUT2D eigenvalue weighted by molar-refractivity contribution is 0.200. The summed E-state index contributed by atoms with van der Waals surface area (Å²) < 4.78 is 5.68. The van der Waals surface area contributed by atoms with Crippen LogP contribution in [0.5, 0.6) is 0 Å². The van der Waals surface area contributed by atoms with Crippen LogP contribution in [0.15, 0.2) is 71.5 Å². The number of piperidine rings is 1. The number of aromatic nitrogens is 1. The van der Waals surface area contributed by atoms with Crippen molar-refractivity contribution < 1.29 is 4.42 Å². The fourth-order valence-corrected chi connectivity index (χ4v) is 4.38. The van der Waals surface area contributed by atoms with Crippen molar-refractivity contribution in [2.45, 2.75) is 25.4 Å². The van der Waals surface area contributed by atoms with E-state index < -0.39 is 0 Å². The van der Waals surface area contributed by atoms with E-state index in [1.165, 1.54) is 16.3 Å². The molecule has 0 amide bonds. The molecule has 0 aliphatic carbocycles. The molecule has 0 atom stereocenters. The van der Waals surface area contributed by atoms with Gasteiger partial charge in [-0.15, -0.1) is 0 Å². The van der Waals surface area contributed by atoms with Crippen LogP contribution in [0.25, 0.3) is 21.7 Å². The Morgan fingerprint density at radius 2 is 1.82 bits per heavy atom. The Labute approximate surface area is 165 Å². The number of benzene rings is 2. The topological polar surface area (TPSA) is 32.5 Å². The maximum absolute atomic E-state index is 5.68. The van der Waals surface area contributed by atoms with Crippen molar-refractivity contribution in [1.29, 1.82) is 0 Å². The summed E-state index contributed by atoms with van der Waals surface area (Å²) in [6.07, 6.45) is 5.91. The molecular weight excluding hydrogens is 346 g/mol. The van der Waals surface area contributed by atoms with Gasteiger partial charge in [-0.1, -0.05) is 36.4 Å². The van der Waals surface area contributed by atoms with E-state index in [4.69, 9.17) is 4.42 Å². The van der Waals surface area contributed by atoms with Crippen LogP contribution >= 0.6 is 0 Å². The first-order valence-corrected chi connectivity index (χ1v) is 10.0. The van der Waals surface area contributed by atoms with E-state index >= 15 is 0 Å².